The molecule has 0 atom stereocenters. The van der Waals surface area contributed by atoms with E-state index < -0.39 is 0 Å². The van der Waals surface area contributed by atoms with Crippen molar-refractivity contribution < 1.29 is 5.11 Å². The number of aliphatic hydroxyl groups is 1. The fourth-order valence-corrected chi connectivity index (χ4v) is 1.99. The van der Waals surface area contributed by atoms with E-state index in [1.54, 1.807) is 0 Å². The summed E-state index contributed by atoms with van der Waals surface area (Å²) in [4.78, 5) is 0. The summed E-state index contributed by atoms with van der Waals surface area (Å²) in [7, 11) is 0. The maximum atomic E-state index is 8.79. The Morgan fingerprint density at radius 1 is 1.27 bits per heavy atom. The Morgan fingerprint density at radius 3 is 2.47 bits per heavy atom. The summed E-state index contributed by atoms with van der Waals surface area (Å²) >= 11 is 6.17. The van der Waals surface area contributed by atoms with E-state index in [0.717, 1.165) is 17.9 Å². The Labute approximate surface area is 97.1 Å². The molecule has 1 aromatic carbocycles. The Bertz CT molecular complexity index is 326. The van der Waals surface area contributed by atoms with Gasteiger partial charge in [0.05, 0.1) is 0 Å². The molecule has 0 spiro atoms. The monoisotopic (exact) mass is 226 g/mol. The molecule has 0 aliphatic heterocycles. The Balaban J connectivity index is 2.95. The SMILES string of the molecule is CC(C)(C)c1cc(CCCO)ccc1Cl. The second-order valence-corrected chi connectivity index (χ2v) is 5.30. The summed E-state index contributed by atoms with van der Waals surface area (Å²) in [5, 5.41) is 9.61. The predicted octanol–water partition coefficient (Wildman–Crippen LogP) is 3.56. The molecular weight excluding hydrogens is 208 g/mol. The summed E-state index contributed by atoms with van der Waals surface area (Å²) in [6, 6.07) is 6.14. The maximum absolute atomic E-state index is 8.79. The standard InChI is InChI=1S/C13H19ClO/c1-13(2,3)11-9-10(5-4-8-15)6-7-12(11)14/h6-7,9,15H,4-5,8H2,1-3H3. The summed E-state index contributed by atoms with van der Waals surface area (Å²) in [5.41, 5.74) is 2.50. The van der Waals surface area contributed by atoms with Crippen molar-refractivity contribution in [3.05, 3.63) is 34.3 Å². The number of aryl methyl sites for hydroxylation is 1. The molecule has 2 heteroatoms. The zero-order chi connectivity index (χ0) is 11.5. The first kappa shape index (κ1) is 12.5. The van der Waals surface area contributed by atoms with Crippen LogP contribution in [-0.4, -0.2) is 11.7 Å². The van der Waals surface area contributed by atoms with E-state index in [1.807, 2.05) is 12.1 Å². The van der Waals surface area contributed by atoms with Crippen molar-refractivity contribution in [2.24, 2.45) is 0 Å². The van der Waals surface area contributed by atoms with Crippen LogP contribution in [0.4, 0.5) is 0 Å². The van der Waals surface area contributed by atoms with E-state index in [0.29, 0.717) is 0 Å². The van der Waals surface area contributed by atoms with E-state index >= 15 is 0 Å². The van der Waals surface area contributed by atoms with Crippen LogP contribution >= 0.6 is 11.6 Å². The van der Waals surface area contributed by atoms with Gasteiger partial charge in [0.25, 0.3) is 0 Å². The van der Waals surface area contributed by atoms with Gasteiger partial charge in [-0.1, -0.05) is 44.5 Å². The van der Waals surface area contributed by atoms with Gasteiger partial charge in [0.2, 0.25) is 0 Å². The maximum Gasteiger partial charge on any atom is 0.0443 e. The van der Waals surface area contributed by atoms with Crippen molar-refractivity contribution in [2.75, 3.05) is 6.61 Å². The molecule has 1 aromatic rings. The van der Waals surface area contributed by atoms with Gasteiger partial charge in [-0.25, -0.2) is 0 Å². The molecule has 0 amide bonds. The lowest BCUT2D eigenvalue weighted by atomic mass is 9.85. The molecule has 0 radical (unpaired) electrons. The summed E-state index contributed by atoms with van der Waals surface area (Å²) in [6.45, 7) is 6.71. The Hall–Kier alpha value is -0.530. The fraction of sp³-hybridized carbons (Fsp3) is 0.538. The number of halogens is 1. The molecule has 84 valence electrons. The minimum atomic E-state index is 0.0757. The predicted molar refractivity (Wildman–Crippen MR) is 65.6 cm³/mol. The van der Waals surface area contributed by atoms with Crippen LogP contribution < -0.4 is 0 Å². The summed E-state index contributed by atoms with van der Waals surface area (Å²) in [6.07, 6.45) is 1.72. The van der Waals surface area contributed by atoms with Crippen molar-refractivity contribution in [2.45, 2.75) is 39.0 Å². The average molecular weight is 227 g/mol. The Kier molecular flexibility index (Phi) is 4.18. The van der Waals surface area contributed by atoms with Gasteiger partial charge in [0.1, 0.15) is 0 Å². The van der Waals surface area contributed by atoms with E-state index in [2.05, 4.69) is 26.8 Å². The second-order valence-electron chi connectivity index (χ2n) is 4.89. The molecule has 0 aliphatic carbocycles. The average Bonchev–Trinajstić information content (AvgIpc) is 2.15. The zero-order valence-electron chi connectivity index (χ0n) is 9.68. The van der Waals surface area contributed by atoms with Crippen molar-refractivity contribution in [1.29, 1.82) is 0 Å². The summed E-state index contributed by atoms with van der Waals surface area (Å²) in [5.74, 6) is 0. The van der Waals surface area contributed by atoms with Gasteiger partial charge >= 0.3 is 0 Å². The topological polar surface area (TPSA) is 20.2 Å². The molecule has 1 nitrogen and oxygen atoms in total. The lowest BCUT2D eigenvalue weighted by molar-refractivity contribution is 0.288. The fourth-order valence-electron chi connectivity index (χ4n) is 1.59. The van der Waals surface area contributed by atoms with Crippen molar-refractivity contribution in [3.8, 4) is 0 Å². The third-order valence-corrected chi connectivity index (χ3v) is 2.79. The lowest BCUT2D eigenvalue weighted by Crippen LogP contribution is -2.12. The molecular formula is C13H19ClO. The number of hydrogen-bond acceptors (Lipinski definition) is 1. The number of hydrogen-bond donors (Lipinski definition) is 1. The van der Waals surface area contributed by atoms with Crippen molar-refractivity contribution >= 4 is 11.6 Å². The largest absolute Gasteiger partial charge is 0.396 e. The van der Waals surface area contributed by atoms with Gasteiger partial charge < -0.3 is 5.11 Å². The third kappa shape index (κ3) is 3.51. The van der Waals surface area contributed by atoms with Gasteiger partial charge in [-0.3, -0.25) is 0 Å². The molecule has 1 N–H and O–H groups in total. The van der Waals surface area contributed by atoms with Crippen LogP contribution in [0.25, 0.3) is 0 Å². The van der Waals surface area contributed by atoms with E-state index in [9.17, 15) is 0 Å². The minimum absolute atomic E-state index is 0.0757. The first-order valence-corrected chi connectivity index (χ1v) is 5.72. The van der Waals surface area contributed by atoms with Crippen LogP contribution in [0.3, 0.4) is 0 Å². The molecule has 0 bridgehead atoms. The van der Waals surface area contributed by atoms with Gasteiger partial charge in [-0.05, 0) is 35.4 Å². The number of aliphatic hydroxyl groups excluding tert-OH is 1. The molecule has 15 heavy (non-hydrogen) atoms. The van der Waals surface area contributed by atoms with Crippen LogP contribution in [-0.2, 0) is 11.8 Å². The molecule has 0 saturated carbocycles. The van der Waals surface area contributed by atoms with E-state index in [-0.39, 0.29) is 12.0 Å². The smallest absolute Gasteiger partial charge is 0.0443 e. The van der Waals surface area contributed by atoms with Gasteiger partial charge in [-0.2, -0.15) is 0 Å². The molecule has 0 aromatic heterocycles. The Morgan fingerprint density at radius 2 is 1.93 bits per heavy atom. The van der Waals surface area contributed by atoms with E-state index in [1.165, 1.54) is 11.1 Å². The normalized spacial score (nSPS) is 11.8. The molecule has 0 unspecified atom stereocenters. The van der Waals surface area contributed by atoms with Crippen LogP contribution in [0.1, 0.15) is 38.3 Å². The van der Waals surface area contributed by atoms with Crippen LogP contribution in [0, 0.1) is 0 Å². The highest BCUT2D eigenvalue weighted by atomic mass is 35.5. The quantitative estimate of drug-likeness (QED) is 0.836. The number of rotatable bonds is 3. The van der Waals surface area contributed by atoms with Crippen LogP contribution in [0.15, 0.2) is 18.2 Å². The van der Waals surface area contributed by atoms with Gasteiger partial charge in [-0.15, -0.1) is 0 Å². The third-order valence-electron chi connectivity index (χ3n) is 2.46. The minimum Gasteiger partial charge on any atom is -0.396 e. The summed E-state index contributed by atoms with van der Waals surface area (Å²) < 4.78 is 0. The zero-order valence-corrected chi connectivity index (χ0v) is 10.4. The van der Waals surface area contributed by atoms with Crippen LogP contribution in [0.2, 0.25) is 5.02 Å². The van der Waals surface area contributed by atoms with Gasteiger partial charge in [0.15, 0.2) is 0 Å². The highest BCUT2D eigenvalue weighted by Gasteiger charge is 2.17. The molecule has 0 aliphatic rings. The first-order chi connectivity index (χ1) is 6.95. The molecule has 0 heterocycles. The van der Waals surface area contributed by atoms with E-state index in [4.69, 9.17) is 16.7 Å². The number of benzene rings is 1. The highest BCUT2D eigenvalue weighted by molar-refractivity contribution is 6.31. The molecule has 0 fully saturated rings. The van der Waals surface area contributed by atoms with Crippen molar-refractivity contribution in [3.63, 3.8) is 0 Å². The second kappa shape index (κ2) is 5.00. The lowest BCUT2D eigenvalue weighted by Gasteiger charge is -2.21. The van der Waals surface area contributed by atoms with Gasteiger partial charge in [0, 0.05) is 11.6 Å². The highest BCUT2D eigenvalue weighted by Crippen LogP contribution is 2.30. The first-order valence-electron chi connectivity index (χ1n) is 5.35. The van der Waals surface area contributed by atoms with Crippen molar-refractivity contribution in [1.82, 2.24) is 0 Å². The molecule has 0 saturated heterocycles. The molecule has 1 rings (SSSR count). The van der Waals surface area contributed by atoms with Crippen LogP contribution in [0.5, 0.6) is 0 Å².